The Hall–Kier alpha value is -1.79. The highest BCUT2D eigenvalue weighted by atomic mass is 79.9. The van der Waals surface area contributed by atoms with Gasteiger partial charge in [0.25, 0.3) is 5.91 Å². The fourth-order valence-corrected chi connectivity index (χ4v) is 2.41. The quantitative estimate of drug-likeness (QED) is 0.859. The molecule has 1 aromatic heterocycles. The second-order valence-electron chi connectivity index (χ2n) is 4.08. The molecule has 21 heavy (non-hydrogen) atoms. The summed E-state index contributed by atoms with van der Waals surface area (Å²) >= 11 is 9.38. The van der Waals surface area contributed by atoms with Gasteiger partial charge in [0.2, 0.25) is 0 Å². The summed E-state index contributed by atoms with van der Waals surface area (Å²) in [6.07, 6.45) is 0. The maximum Gasteiger partial charge on any atom is 0.275 e. The van der Waals surface area contributed by atoms with Gasteiger partial charge in [-0.1, -0.05) is 11.6 Å². The molecule has 0 radical (unpaired) electrons. The first-order valence-corrected chi connectivity index (χ1v) is 7.21. The number of hydrogen-bond donors (Lipinski definition) is 2. The normalized spacial score (nSPS) is 10.1. The van der Waals surface area contributed by atoms with E-state index in [0.29, 0.717) is 22.3 Å². The lowest BCUT2D eigenvalue weighted by Crippen LogP contribution is -2.15. The van der Waals surface area contributed by atoms with Crippen molar-refractivity contribution in [2.45, 2.75) is 0 Å². The van der Waals surface area contributed by atoms with Crippen LogP contribution in [0.1, 0.15) is 10.5 Å². The van der Waals surface area contributed by atoms with Crippen LogP contribution in [-0.2, 0) is 0 Å². The summed E-state index contributed by atoms with van der Waals surface area (Å²) < 4.78 is 5.88. The zero-order valence-electron chi connectivity index (χ0n) is 11.4. The first-order chi connectivity index (χ1) is 10.0. The first-order valence-electron chi connectivity index (χ1n) is 6.04. The van der Waals surface area contributed by atoms with Gasteiger partial charge in [-0.05, 0) is 46.3 Å². The molecule has 0 aliphatic carbocycles. The van der Waals surface area contributed by atoms with Crippen LogP contribution >= 0.6 is 27.5 Å². The van der Waals surface area contributed by atoms with Gasteiger partial charge >= 0.3 is 0 Å². The van der Waals surface area contributed by atoms with E-state index in [-0.39, 0.29) is 11.6 Å². The maximum atomic E-state index is 12.2. The van der Waals surface area contributed by atoms with Crippen LogP contribution in [0.3, 0.4) is 0 Å². The van der Waals surface area contributed by atoms with E-state index >= 15 is 0 Å². The fraction of sp³-hybridized carbons (Fsp3) is 0.143. The lowest BCUT2D eigenvalue weighted by atomic mass is 10.2. The summed E-state index contributed by atoms with van der Waals surface area (Å²) in [5, 5.41) is 5.90. The van der Waals surface area contributed by atoms with Crippen molar-refractivity contribution in [1.82, 2.24) is 4.98 Å². The van der Waals surface area contributed by atoms with Crippen molar-refractivity contribution in [3.63, 3.8) is 0 Å². The number of benzene rings is 1. The van der Waals surface area contributed by atoms with Gasteiger partial charge in [0.05, 0.1) is 16.6 Å². The summed E-state index contributed by atoms with van der Waals surface area (Å²) in [4.78, 5) is 16.4. The van der Waals surface area contributed by atoms with E-state index in [1.807, 2.05) is 0 Å². The number of aromatic nitrogens is 1. The second kappa shape index (κ2) is 6.78. The molecule has 110 valence electrons. The smallest absolute Gasteiger partial charge is 0.275 e. The number of pyridine rings is 1. The Morgan fingerprint density at radius 3 is 2.71 bits per heavy atom. The zero-order chi connectivity index (χ0) is 15.4. The van der Waals surface area contributed by atoms with Crippen molar-refractivity contribution < 1.29 is 9.53 Å². The minimum absolute atomic E-state index is 0.162. The van der Waals surface area contributed by atoms with Crippen LogP contribution in [0.2, 0.25) is 5.02 Å². The molecule has 0 spiro atoms. The predicted molar refractivity (Wildman–Crippen MR) is 87.4 cm³/mol. The Labute approximate surface area is 135 Å². The summed E-state index contributed by atoms with van der Waals surface area (Å²) in [6, 6.07) is 8.55. The fourth-order valence-electron chi connectivity index (χ4n) is 1.68. The van der Waals surface area contributed by atoms with E-state index in [9.17, 15) is 4.79 Å². The van der Waals surface area contributed by atoms with Crippen LogP contribution in [0.5, 0.6) is 5.75 Å². The van der Waals surface area contributed by atoms with Gasteiger partial charge in [0, 0.05) is 12.7 Å². The summed E-state index contributed by atoms with van der Waals surface area (Å²) in [5.74, 6) is 0.871. The molecule has 0 saturated heterocycles. The molecule has 0 saturated carbocycles. The van der Waals surface area contributed by atoms with E-state index in [1.54, 1.807) is 44.5 Å². The molecule has 2 N–H and O–H groups in total. The molecule has 1 aromatic carbocycles. The van der Waals surface area contributed by atoms with Crippen molar-refractivity contribution in [1.29, 1.82) is 0 Å². The number of methoxy groups -OCH3 is 1. The third-order valence-corrected chi connectivity index (χ3v) is 3.65. The van der Waals surface area contributed by atoms with Gasteiger partial charge in [-0.25, -0.2) is 4.98 Å². The van der Waals surface area contributed by atoms with E-state index in [1.165, 1.54) is 0 Å². The molecule has 0 atom stereocenters. The van der Waals surface area contributed by atoms with Gasteiger partial charge in [0.1, 0.15) is 17.3 Å². The average molecular weight is 371 g/mol. The lowest BCUT2D eigenvalue weighted by molar-refractivity contribution is 0.102. The molecule has 2 aromatic rings. The first kappa shape index (κ1) is 15.6. The maximum absolute atomic E-state index is 12.2. The Morgan fingerprint density at radius 1 is 1.33 bits per heavy atom. The highest BCUT2D eigenvalue weighted by Crippen LogP contribution is 2.28. The number of halogens is 2. The Balaban J connectivity index is 2.23. The molecule has 1 heterocycles. The van der Waals surface area contributed by atoms with E-state index in [4.69, 9.17) is 16.3 Å². The minimum Gasteiger partial charge on any atom is -0.496 e. The van der Waals surface area contributed by atoms with Crippen LogP contribution in [0.25, 0.3) is 0 Å². The van der Waals surface area contributed by atoms with E-state index in [2.05, 4.69) is 31.5 Å². The van der Waals surface area contributed by atoms with E-state index in [0.717, 1.165) is 4.47 Å². The highest BCUT2D eigenvalue weighted by molar-refractivity contribution is 9.10. The molecule has 1 amide bonds. The molecular formula is C14H13BrClN3O2. The van der Waals surface area contributed by atoms with Crippen molar-refractivity contribution in [2.24, 2.45) is 0 Å². The number of carbonyl (C=O) groups excluding carboxylic acids is 1. The standard InChI is InChI=1S/C14H13BrClN3O2/c1-17-12-6-4-10(16)13(19-12)14(20)18-8-3-5-11(21-2)9(15)7-8/h3-7H,1-2H3,(H,17,19)(H,18,20). The van der Waals surface area contributed by atoms with Crippen molar-refractivity contribution in [3.05, 3.63) is 45.5 Å². The number of rotatable bonds is 4. The predicted octanol–water partition coefficient (Wildman–Crippen LogP) is 3.80. The number of nitrogens with one attached hydrogen (secondary N) is 2. The average Bonchev–Trinajstić information content (AvgIpc) is 2.48. The van der Waals surface area contributed by atoms with Crippen molar-refractivity contribution in [2.75, 3.05) is 24.8 Å². The molecule has 2 rings (SSSR count). The lowest BCUT2D eigenvalue weighted by Gasteiger charge is -2.09. The molecule has 0 aliphatic heterocycles. The third-order valence-electron chi connectivity index (χ3n) is 2.73. The molecule has 0 unspecified atom stereocenters. The van der Waals surface area contributed by atoms with Crippen LogP contribution in [0.4, 0.5) is 11.5 Å². The zero-order valence-corrected chi connectivity index (χ0v) is 13.7. The number of hydrogen-bond acceptors (Lipinski definition) is 4. The highest BCUT2D eigenvalue weighted by Gasteiger charge is 2.14. The van der Waals surface area contributed by atoms with Gasteiger partial charge in [-0.2, -0.15) is 0 Å². The van der Waals surface area contributed by atoms with Crippen molar-refractivity contribution in [3.8, 4) is 5.75 Å². The van der Waals surface area contributed by atoms with Gasteiger partial charge in [-0.15, -0.1) is 0 Å². The summed E-state index contributed by atoms with van der Waals surface area (Å²) in [5.41, 5.74) is 0.774. The van der Waals surface area contributed by atoms with Crippen LogP contribution < -0.4 is 15.4 Å². The topological polar surface area (TPSA) is 63.2 Å². The number of ether oxygens (including phenoxy) is 1. The second-order valence-corrected chi connectivity index (χ2v) is 5.34. The third kappa shape index (κ3) is 3.65. The Kier molecular flexibility index (Phi) is 5.03. The van der Waals surface area contributed by atoms with E-state index < -0.39 is 0 Å². The number of nitrogens with zero attached hydrogens (tertiary/aromatic N) is 1. The summed E-state index contributed by atoms with van der Waals surface area (Å²) in [6.45, 7) is 0. The number of anilines is 2. The van der Waals surface area contributed by atoms with Crippen LogP contribution in [0.15, 0.2) is 34.8 Å². The van der Waals surface area contributed by atoms with Crippen LogP contribution in [0, 0.1) is 0 Å². The Bertz CT molecular complexity index is 679. The monoisotopic (exact) mass is 369 g/mol. The Morgan fingerprint density at radius 2 is 2.10 bits per heavy atom. The SMILES string of the molecule is CNc1ccc(Cl)c(C(=O)Nc2ccc(OC)c(Br)c2)n1. The van der Waals surface area contributed by atoms with Crippen LogP contribution in [-0.4, -0.2) is 25.0 Å². The molecular weight excluding hydrogens is 358 g/mol. The largest absolute Gasteiger partial charge is 0.496 e. The molecule has 0 aliphatic rings. The van der Waals surface area contributed by atoms with Gasteiger partial charge < -0.3 is 15.4 Å². The minimum atomic E-state index is -0.380. The van der Waals surface area contributed by atoms with Gasteiger partial charge in [-0.3, -0.25) is 4.79 Å². The van der Waals surface area contributed by atoms with Gasteiger partial charge in [0.15, 0.2) is 0 Å². The molecule has 0 bridgehead atoms. The number of carbonyl (C=O) groups is 1. The molecule has 7 heteroatoms. The molecule has 0 fully saturated rings. The summed E-state index contributed by atoms with van der Waals surface area (Å²) in [7, 11) is 3.30. The molecule has 5 nitrogen and oxygen atoms in total. The van der Waals surface area contributed by atoms with Crippen molar-refractivity contribution >= 4 is 44.9 Å². The number of amides is 1.